The molecule has 2 N–H and O–H groups in total. The van der Waals surface area contributed by atoms with Crippen molar-refractivity contribution in [2.75, 3.05) is 20.1 Å². The zero-order valence-corrected chi connectivity index (χ0v) is 10.9. The number of nitrogens with two attached hydrogens (primary N) is 1. The van der Waals surface area contributed by atoms with E-state index in [4.69, 9.17) is 5.84 Å². The lowest BCUT2D eigenvalue weighted by Crippen LogP contribution is -2.11. The van der Waals surface area contributed by atoms with Crippen molar-refractivity contribution in [2.24, 2.45) is 0 Å². The Kier molecular flexibility index (Phi) is 5.63. The van der Waals surface area contributed by atoms with Crippen LogP contribution in [-0.2, 0) is 9.47 Å². The van der Waals surface area contributed by atoms with Crippen LogP contribution in [0.3, 0.4) is 0 Å². The number of esters is 2. The molecule has 106 valence electrons. The van der Waals surface area contributed by atoms with E-state index < -0.39 is 11.9 Å². The minimum absolute atomic E-state index is 0.210. The Labute approximate surface area is 114 Å². The van der Waals surface area contributed by atoms with Gasteiger partial charge < -0.3 is 15.3 Å². The van der Waals surface area contributed by atoms with Crippen LogP contribution >= 0.6 is 0 Å². The van der Waals surface area contributed by atoms with Gasteiger partial charge in [-0.15, -0.1) is 9.89 Å². The number of tetrazole rings is 1. The molecule has 0 aliphatic heterocycles. The molecule has 2 aromatic rings. The first-order chi connectivity index (χ1) is 9.60. The van der Waals surface area contributed by atoms with E-state index in [1.54, 1.807) is 12.1 Å². The molecule has 0 aliphatic rings. The van der Waals surface area contributed by atoms with Crippen LogP contribution in [0, 0.1) is 0 Å². The lowest BCUT2D eigenvalue weighted by atomic mass is 10.1. The van der Waals surface area contributed by atoms with Crippen molar-refractivity contribution in [3.63, 3.8) is 0 Å². The summed E-state index contributed by atoms with van der Waals surface area (Å²) in [6.45, 7) is 0. The van der Waals surface area contributed by atoms with Crippen LogP contribution in [0.25, 0.3) is 0 Å². The smallest absolute Gasteiger partial charge is 0.338 e. The molecule has 0 spiro atoms. The number of rotatable bonds is 2. The molecule has 0 radical (unpaired) electrons. The predicted molar refractivity (Wildman–Crippen MR) is 67.1 cm³/mol. The van der Waals surface area contributed by atoms with Gasteiger partial charge in [-0.3, -0.25) is 0 Å². The summed E-state index contributed by atoms with van der Waals surface area (Å²) in [5.74, 6) is 3.86. The van der Waals surface area contributed by atoms with Gasteiger partial charge in [-0.1, -0.05) is 12.1 Å². The van der Waals surface area contributed by atoms with Gasteiger partial charge in [-0.05, 0) is 22.6 Å². The standard InChI is InChI=1S/C10H10O4.CH3N5/c1-13-9(11)7-5-3-4-6-8(7)10(12)14-2;2-6-1-3-4-5-6/h3-6H,1-2H3;1H,2H2. The van der Waals surface area contributed by atoms with Gasteiger partial charge in [0.1, 0.15) is 0 Å². The number of carbonyl (C=O) groups excluding carboxylic acids is 2. The number of nitrogens with zero attached hydrogens (tertiary/aromatic N) is 4. The van der Waals surface area contributed by atoms with E-state index in [9.17, 15) is 9.59 Å². The van der Waals surface area contributed by atoms with E-state index in [0.29, 0.717) is 0 Å². The molecule has 0 aliphatic carbocycles. The van der Waals surface area contributed by atoms with Crippen LogP contribution in [-0.4, -0.2) is 46.5 Å². The Morgan fingerprint density at radius 2 is 1.60 bits per heavy atom. The molecule has 0 saturated carbocycles. The number of hydrogen-bond acceptors (Lipinski definition) is 8. The highest BCUT2D eigenvalue weighted by atomic mass is 16.5. The van der Waals surface area contributed by atoms with Crippen molar-refractivity contribution in [1.82, 2.24) is 20.3 Å². The lowest BCUT2D eigenvalue weighted by Gasteiger charge is -2.04. The second-order valence-electron chi connectivity index (χ2n) is 3.32. The fraction of sp³-hybridized carbons (Fsp3) is 0.182. The molecule has 2 rings (SSSR count). The third-order valence-electron chi connectivity index (χ3n) is 2.10. The highest BCUT2D eigenvalue weighted by Crippen LogP contribution is 2.10. The van der Waals surface area contributed by atoms with Crippen molar-refractivity contribution in [3.8, 4) is 0 Å². The van der Waals surface area contributed by atoms with Gasteiger partial charge >= 0.3 is 11.9 Å². The summed E-state index contributed by atoms with van der Waals surface area (Å²) in [5, 5.41) is 9.71. The SMILES string of the molecule is COC(=O)c1ccccc1C(=O)OC.Nn1cnnn1. The first kappa shape index (κ1) is 15.1. The van der Waals surface area contributed by atoms with Crippen LogP contribution in [0.2, 0.25) is 0 Å². The van der Waals surface area contributed by atoms with E-state index in [-0.39, 0.29) is 11.1 Å². The first-order valence-electron chi connectivity index (χ1n) is 5.33. The summed E-state index contributed by atoms with van der Waals surface area (Å²) in [6.07, 6.45) is 1.31. The van der Waals surface area contributed by atoms with Crippen LogP contribution in [0.4, 0.5) is 0 Å². The molecular formula is C11H13N5O4. The highest BCUT2D eigenvalue weighted by molar-refractivity contribution is 6.02. The molecular weight excluding hydrogens is 266 g/mol. The second-order valence-corrected chi connectivity index (χ2v) is 3.32. The Hall–Kier alpha value is -2.97. The molecule has 20 heavy (non-hydrogen) atoms. The largest absolute Gasteiger partial charge is 0.465 e. The summed E-state index contributed by atoms with van der Waals surface area (Å²) in [7, 11) is 2.52. The van der Waals surface area contributed by atoms with Gasteiger partial charge in [0.2, 0.25) is 0 Å². The maximum atomic E-state index is 11.2. The van der Waals surface area contributed by atoms with Crippen molar-refractivity contribution >= 4 is 11.9 Å². The average Bonchev–Trinajstić information content (AvgIpc) is 2.97. The monoisotopic (exact) mass is 279 g/mol. The van der Waals surface area contributed by atoms with Gasteiger partial charge in [-0.25, -0.2) is 9.59 Å². The van der Waals surface area contributed by atoms with Crippen LogP contribution in [0.1, 0.15) is 20.7 Å². The number of benzene rings is 1. The second kappa shape index (κ2) is 7.46. The molecule has 9 nitrogen and oxygen atoms in total. The van der Waals surface area contributed by atoms with Gasteiger partial charge in [0.15, 0.2) is 6.33 Å². The molecule has 1 aromatic carbocycles. The molecule has 1 heterocycles. The molecule has 0 bridgehead atoms. The number of carbonyl (C=O) groups is 2. The number of ether oxygens (including phenoxy) is 2. The van der Waals surface area contributed by atoms with Crippen LogP contribution in [0.15, 0.2) is 30.6 Å². The number of methoxy groups -OCH3 is 2. The molecule has 1 aromatic heterocycles. The van der Waals surface area contributed by atoms with Gasteiger partial charge in [0.25, 0.3) is 0 Å². The average molecular weight is 279 g/mol. The summed E-state index contributed by atoms with van der Waals surface area (Å²) in [6, 6.07) is 6.33. The molecule has 0 saturated heterocycles. The maximum Gasteiger partial charge on any atom is 0.338 e. The van der Waals surface area contributed by atoms with Crippen molar-refractivity contribution in [1.29, 1.82) is 0 Å². The van der Waals surface area contributed by atoms with E-state index in [1.165, 1.54) is 32.7 Å². The van der Waals surface area contributed by atoms with Crippen LogP contribution < -0.4 is 5.84 Å². The fourth-order valence-electron chi connectivity index (χ4n) is 1.23. The summed E-state index contributed by atoms with van der Waals surface area (Å²) >= 11 is 0. The lowest BCUT2D eigenvalue weighted by molar-refractivity contribution is 0.0555. The Balaban J connectivity index is 0.000000276. The number of aromatic nitrogens is 4. The quantitative estimate of drug-likeness (QED) is 0.584. The summed E-state index contributed by atoms with van der Waals surface area (Å²) in [5.41, 5.74) is 0.420. The maximum absolute atomic E-state index is 11.2. The fourth-order valence-corrected chi connectivity index (χ4v) is 1.23. The first-order valence-corrected chi connectivity index (χ1v) is 5.33. The molecule has 9 heteroatoms. The van der Waals surface area contributed by atoms with E-state index in [0.717, 1.165) is 4.79 Å². The van der Waals surface area contributed by atoms with Crippen molar-refractivity contribution in [2.45, 2.75) is 0 Å². The van der Waals surface area contributed by atoms with Crippen molar-refractivity contribution < 1.29 is 19.1 Å². The third-order valence-corrected chi connectivity index (χ3v) is 2.10. The molecule has 0 amide bonds. The zero-order chi connectivity index (χ0) is 15.0. The molecule has 0 fully saturated rings. The highest BCUT2D eigenvalue weighted by Gasteiger charge is 2.16. The number of hydrogen-bond donors (Lipinski definition) is 1. The van der Waals surface area contributed by atoms with E-state index in [1.807, 2.05) is 0 Å². The topological polar surface area (TPSA) is 122 Å². The van der Waals surface area contributed by atoms with Gasteiger partial charge in [0, 0.05) is 0 Å². The van der Waals surface area contributed by atoms with Gasteiger partial charge in [0.05, 0.1) is 25.3 Å². The van der Waals surface area contributed by atoms with Crippen molar-refractivity contribution in [3.05, 3.63) is 41.7 Å². The minimum Gasteiger partial charge on any atom is -0.465 e. The summed E-state index contributed by atoms with van der Waals surface area (Å²) in [4.78, 5) is 23.5. The Morgan fingerprint density at radius 1 is 1.10 bits per heavy atom. The molecule has 0 atom stereocenters. The number of nitrogen functional groups attached to an aromatic ring is 1. The van der Waals surface area contributed by atoms with Gasteiger partial charge in [-0.2, -0.15) is 0 Å². The van der Waals surface area contributed by atoms with E-state index >= 15 is 0 Å². The Morgan fingerprint density at radius 3 is 1.85 bits per heavy atom. The third kappa shape index (κ3) is 4.05. The summed E-state index contributed by atoms with van der Waals surface area (Å²) < 4.78 is 9.05. The Bertz CT molecular complexity index is 535. The predicted octanol–water partition coefficient (Wildman–Crippen LogP) is -0.353. The molecule has 0 unspecified atom stereocenters. The zero-order valence-electron chi connectivity index (χ0n) is 10.9. The normalized spacial score (nSPS) is 9.10. The minimum atomic E-state index is -0.550. The van der Waals surface area contributed by atoms with E-state index in [2.05, 4.69) is 25.0 Å². The van der Waals surface area contributed by atoms with Crippen LogP contribution in [0.5, 0.6) is 0 Å².